The molecule has 0 spiro atoms. The first-order valence-electron chi connectivity index (χ1n) is 10.5. The Bertz CT molecular complexity index is 1130. The van der Waals surface area contributed by atoms with Gasteiger partial charge in [-0.15, -0.1) is 0 Å². The van der Waals surface area contributed by atoms with E-state index < -0.39 is 28.9 Å². The molecular weight excluding hydrogens is 556 g/mol. The molecule has 8 nitrogen and oxygen atoms in total. The molecule has 3 rings (SSSR count). The summed E-state index contributed by atoms with van der Waals surface area (Å²) in [6.45, 7) is 5.74. The van der Waals surface area contributed by atoms with E-state index in [2.05, 4.69) is 20.9 Å². The van der Waals surface area contributed by atoms with Crippen molar-refractivity contribution in [3.05, 3.63) is 32.1 Å². The fraction of sp³-hybridized carbons (Fsp3) is 0.500. The van der Waals surface area contributed by atoms with Crippen LogP contribution in [0.5, 0.6) is 0 Å². The Morgan fingerprint density at radius 2 is 1.85 bits per heavy atom. The van der Waals surface area contributed by atoms with Crippen molar-refractivity contribution in [2.75, 3.05) is 27.3 Å². The van der Waals surface area contributed by atoms with Crippen molar-refractivity contribution in [2.45, 2.75) is 44.6 Å². The number of carbonyl (C=O) groups excluding carboxylic acids is 2. The maximum Gasteiger partial charge on any atom is 0.410 e. The number of fused-ring (bicyclic) bond motifs is 1. The van der Waals surface area contributed by atoms with Crippen LogP contribution in [0.1, 0.15) is 39.2 Å². The lowest BCUT2D eigenvalue weighted by atomic mass is 9.71. The largest absolute Gasteiger partial charge is 0.468 e. The van der Waals surface area contributed by atoms with Crippen molar-refractivity contribution < 1.29 is 33.8 Å². The molecule has 12 heteroatoms. The number of aromatic nitrogens is 1. The molecule has 34 heavy (non-hydrogen) atoms. The number of benzene rings is 1. The van der Waals surface area contributed by atoms with E-state index in [1.807, 2.05) is 0 Å². The highest BCUT2D eigenvalue weighted by Gasteiger charge is 2.50. The SMILES string of the molecule is CO[NH2+]c1c(Cl)nc2c(F)c(Br)c(Cl)cc2c1C1(C(=O)OC)CCN(C(=O)OC(C)(C)C)CC1. The van der Waals surface area contributed by atoms with Gasteiger partial charge in [0.15, 0.2) is 11.0 Å². The van der Waals surface area contributed by atoms with Crippen molar-refractivity contribution >= 4 is 67.8 Å². The van der Waals surface area contributed by atoms with E-state index in [9.17, 15) is 9.59 Å². The Balaban J connectivity index is 2.22. The topological polar surface area (TPSA) is 94.6 Å². The minimum atomic E-state index is -1.27. The number of rotatable bonds is 4. The highest BCUT2D eigenvalue weighted by molar-refractivity contribution is 9.10. The average Bonchev–Trinajstić information content (AvgIpc) is 2.77. The Morgan fingerprint density at radius 1 is 1.24 bits per heavy atom. The number of nitrogens with two attached hydrogens (primary N) is 1. The van der Waals surface area contributed by atoms with Crippen LogP contribution in [0.4, 0.5) is 14.9 Å². The smallest absolute Gasteiger partial charge is 0.410 e. The number of methoxy groups -OCH3 is 1. The number of pyridine rings is 1. The van der Waals surface area contributed by atoms with E-state index in [4.69, 9.17) is 37.5 Å². The van der Waals surface area contributed by atoms with Gasteiger partial charge in [-0.3, -0.25) is 4.79 Å². The number of hydrogen-bond donors (Lipinski definition) is 1. The lowest BCUT2D eigenvalue weighted by Crippen LogP contribution is -2.77. The summed E-state index contributed by atoms with van der Waals surface area (Å²) in [6, 6.07) is 1.53. The van der Waals surface area contributed by atoms with Crippen LogP contribution in [0.25, 0.3) is 10.9 Å². The number of carbonyl (C=O) groups is 2. The summed E-state index contributed by atoms with van der Waals surface area (Å²) in [5.74, 6) is -1.26. The molecule has 2 aromatic rings. The van der Waals surface area contributed by atoms with Crippen molar-refractivity contribution in [3.63, 3.8) is 0 Å². The number of ether oxygens (including phenoxy) is 2. The van der Waals surface area contributed by atoms with Gasteiger partial charge >= 0.3 is 12.1 Å². The average molecular weight is 582 g/mol. The van der Waals surface area contributed by atoms with Gasteiger partial charge in [-0.1, -0.05) is 23.2 Å². The van der Waals surface area contributed by atoms with Crippen LogP contribution < -0.4 is 5.48 Å². The summed E-state index contributed by atoms with van der Waals surface area (Å²) in [4.78, 5) is 36.9. The molecule has 1 amide bonds. The second kappa shape index (κ2) is 10.1. The molecular formula is C22H26BrCl2FN3O5+. The number of halogens is 4. The van der Waals surface area contributed by atoms with Gasteiger partial charge in [0, 0.05) is 24.0 Å². The van der Waals surface area contributed by atoms with Crippen LogP contribution in [-0.2, 0) is 24.5 Å². The third-order valence-electron chi connectivity index (χ3n) is 5.67. The number of esters is 1. The molecule has 2 N–H and O–H groups in total. The predicted molar refractivity (Wildman–Crippen MR) is 129 cm³/mol. The number of piperidine rings is 1. The maximum absolute atomic E-state index is 15.2. The second-order valence-corrected chi connectivity index (χ2v) is 10.5. The van der Waals surface area contributed by atoms with Crippen LogP contribution in [0.2, 0.25) is 10.2 Å². The zero-order valence-corrected chi connectivity index (χ0v) is 22.5. The quantitative estimate of drug-likeness (QED) is 0.245. The lowest BCUT2D eigenvalue weighted by molar-refractivity contribution is -0.830. The van der Waals surface area contributed by atoms with E-state index in [-0.39, 0.29) is 46.1 Å². The maximum atomic E-state index is 15.2. The number of nitrogens with zero attached hydrogens (tertiary/aromatic N) is 2. The van der Waals surface area contributed by atoms with Crippen LogP contribution in [0.3, 0.4) is 0 Å². The van der Waals surface area contributed by atoms with Gasteiger partial charge in [0.05, 0.1) is 23.7 Å². The molecule has 1 fully saturated rings. The monoisotopic (exact) mass is 580 g/mol. The van der Waals surface area contributed by atoms with Crippen molar-refractivity contribution in [1.82, 2.24) is 9.88 Å². The minimum absolute atomic E-state index is 0.0338. The molecule has 1 aliphatic rings. The van der Waals surface area contributed by atoms with Crippen LogP contribution in [0, 0.1) is 5.82 Å². The molecule has 0 bridgehead atoms. The first kappa shape index (κ1) is 26.9. The summed E-state index contributed by atoms with van der Waals surface area (Å²) in [5, 5.41) is 0.356. The zero-order chi connectivity index (χ0) is 25.4. The number of quaternary nitrogens is 1. The van der Waals surface area contributed by atoms with Crippen molar-refractivity contribution in [1.29, 1.82) is 0 Å². The standard InChI is InChI=1S/C22H25BrCl2FN3O5/c1-21(2,3)34-20(31)29-8-6-22(7-9-29,19(30)32-4)13-11-10-12(24)14(23)15(26)16(11)27-18(25)17(13)28-33-5/h10,28H,6-9H2,1-5H3/p+1. The van der Waals surface area contributed by atoms with E-state index >= 15 is 4.39 Å². The zero-order valence-electron chi connectivity index (χ0n) is 19.4. The fourth-order valence-electron chi connectivity index (χ4n) is 4.18. The second-order valence-electron chi connectivity index (χ2n) is 8.97. The van der Waals surface area contributed by atoms with Gasteiger partial charge in [-0.05, 0) is 55.6 Å². The summed E-state index contributed by atoms with van der Waals surface area (Å²) in [5.41, 5.74) is 0.0567. The summed E-state index contributed by atoms with van der Waals surface area (Å²) in [7, 11) is 2.70. The highest BCUT2D eigenvalue weighted by Crippen LogP contribution is 2.46. The van der Waals surface area contributed by atoms with Gasteiger partial charge in [0.1, 0.15) is 16.5 Å². The van der Waals surface area contributed by atoms with Crippen molar-refractivity contribution in [3.8, 4) is 0 Å². The van der Waals surface area contributed by atoms with E-state index in [1.54, 1.807) is 20.8 Å². The number of hydrogen-bond acceptors (Lipinski definition) is 6. The van der Waals surface area contributed by atoms with Crippen LogP contribution >= 0.6 is 39.1 Å². The van der Waals surface area contributed by atoms with Gasteiger partial charge in [-0.25, -0.2) is 19.0 Å². The molecule has 186 valence electrons. The van der Waals surface area contributed by atoms with E-state index in [1.165, 1.54) is 30.7 Å². The molecule has 0 aliphatic carbocycles. The molecule has 1 aliphatic heterocycles. The van der Waals surface area contributed by atoms with E-state index in [0.717, 1.165) is 0 Å². The summed E-state index contributed by atoms with van der Waals surface area (Å²) < 4.78 is 25.9. The summed E-state index contributed by atoms with van der Waals surface area (Å²) >= 11 is 15.9. The summed E-state index contributed by atoms with van der Waals surface area (Å²) in [6.07, 6.45) is -0.132. The third kappa shape index (κ3) is 4.97. The van der Waals surface area contributed by atoms with E-state index in [0.29, 0.717) is 16.6 Å². The molecule has 1 aromatic heterocycles. The number of likely N-dealkylation sites (tertiary alicyclic amines) is 1. The van der Waals surface area contributed by atoms with Gasteiger partial charge < -0.3 is 14.4 Å². The van der Waals surface area contributed by atoms with Gasteiger partial charge in [-0.2, -0.15) is 5.48 Å². The Labute approximate surface area is 215 Å². The van der Waals surface area contributed by atoms with Crippen LogP contribution in [0.15, 0.2) is 10.5 Å². The molecule has 0 atom stereocenters. The van der Waals surface area contributed by atoms with Crippen LogP contribution in [-0.4, -0.2) is 54.9 Å². The fourth-order valence-corrected chi connectivity index (χ4v) is 4.90. The first-order valence-corrected chi connectivity index (χ1v) is 12.0. The Morgan fingerprint density at radius 3 is 2.38 bits per heavy atom. The third-order valence-corrected chi connectivity index (χ3v) is 7.26. The Kier molecular flexibility index (Phi) is 7.99. The van der Waals surface area contributed by atoms with Gasteiger partial charge in [0.2, 0.25) is 5.69 Å². The predicted octanol–water partition coefficient (Wildman–Crippen LogP) is 4.64. The molecule has 0 radical (unpaired) electrons. The highest BCUT2D eigenvalue weighted by atomic mass is 79.9. The van der Waals surface area contributed by atoms with Crippen molar-refractivity contribution in [2.24, 2.45) is 0 Å². The Hall–Kier alpha value is -1.72. The minimum Gasteiger partial charge on any atom is -0.468 e. The molecule has 1 aromatic carbocycles. The molecule has 1 saturated heterocycles. The molecule has 0 unspecified atom stereocenters. The normalized spacial score (nSPS) is 16.0. The molecule has 2 heterocycles. The molecule has 0 saturated carbocycles. The first-order chi connectivity index (χ1) is 15.9. The number of amides is 1. The lowest BCUT2D eigenvalue weighted by Gasteiger charge is -2.40. The van der Waals surface area contributed by atoms with Gasteiger partial charge in [0.25, 0.3) is 0 Å².